The van der Waals surface area contributed by atoms with E-state index >= 15 is 0 Å². The van der Waals surface area contributed by atoms with Gasteiger partial charge in [0.2, 0.25) is 5.91 Å². The van der Waals surface area contributed by atoms with Crippen molar-refractivity contribution in [3.05, 3.63) is 11.8 Å². The summed E-state index contributed by atoms with van der Waals surface area (Å²) in [6.45, 7) is 5.93. The van der Waals surface area contributed by atoms with E-state index in [1.165, 1.54) is 0 Å². The summed E-state index contributed by atoms with van der Waals surface area (Å²) in [6.07, 6.45) is 0.739. The van der Waals surface area contributed by atoms with Gasteiger partial charge in [0, 0.05) is 11.5 Å². The van der Waals surface area contributed by atoms with Crippen LogP contribution in [0.4, 0.5) is 5.82 Å². The zero-order valence-corrected chi connectivity index (χ0v) is 12.8. The molecule has 2 aliphatic heterocycles. The predicted molar refractivity (Wildman–Crippen MR) is 76.3 cm³/mol. The van der Waals surface area contributed by atoms with E-state index in [1.807, 2.05) is 20.8 Å². The lowest BCUT2D eigenvalue weighted by Crippen LogP contribution is -2.41. The van der Waals surface area contributed by atoms with E-state index in [0.29, 0.717) is 18.0 Å². The molecular formula is C15H20N2O5. The lowest BCUT2D eigenvalue weighted by Gasteiger charge is -2.23. The number of carbonyl (C=O) groups is 2. The Labute approximate surface area is 128 Å². The van der Waals surface area contributed by atoms with Gasteiger partial charge in [0.05, 0.1) is 24.0 Å². The molecule has 4 atom stereocenters. The normalized spacial score (nSPS) is 30.5. The number of ether oxygens (including phenoxy) is 1. The second kappa shape index (κ2) is 5.08. The minimum absolute atomic E-state index is 0.213. The first-order valence-electron chi connectivity index (χ1n) is 7.43. The van der Waals surface area contributed by atoms with Gasteiger partial charge >= 0.3 is 5.97 Å². The summed E-state index contributed by atoms with van der Waals surface area (Å²) in [5, 5.41) is 15.8. The Morgan fingerprint density at radius 3 is 2.45 bits per heavy atom. The molecule has 3 rings (SSSR count). The molecule has 22 heavy (non-hydrogen) atoms. The smallest absolute Gasteiger partial charge is 0.310 e. The van der Waals surface area contributed by atoms with Crippen molar-refractivity contribution in [3.8, 4) is 0 Å². The highest BCUT2D eigenvalue weighted by Crippen LogP contribution is 2.44. The number of aliphatic carboxylic acids is 1. The van der Waals surface area contributed by atoms with E-state index in [2.05, 4.69) is 10.5 Å². The maximum absolute atomic E-state index is 12.4. The van der Waals surface area contributed by atoms with Gasteiger partial charge in [-0.1, -0.05) is 25.9 Å². The molecule has 3 heterocycles. The Hall–Kier alpha value is -1.89. The topological polar surface area (TPSA) is 102 Å². The molecule has 7 nitrogen and oxygen atoms in total. The number of nitrogens with one attached hydrogen (secondary N) is 1. The molecule has 2 bridgehead atoms. The zero-order valence-electron chi connectivity index (χ0n) is 12.8. The molecule has 7 heteroatoms. The summed E-state index contributed by atoms with van der Waals surface area (Å²) in [4.78, 5) is 23.8. The molecule has 0 unspecified atom stereocenters. The van der Waals surface area contributed by atoms with Crippen LogP contribution in [0.5, 0.6) is 0 Å². The van der Waals surface area contributed by atoms with Crippen LogP contribution in [-0.4, -0.2) is 34.3 Å². The summed E-state index contributed by atoms with van der Waals surface area (Å²) in [6, 6.07) is 1.67. The highest BCUT2D eigenvalue weighted by molar-refractivity contribution is 5.95. The molecule has 2 saturated heterocycles. The average molecular weight is 308 g/mol. The monoisotopic (exact) mass is 308 g/mol. The van der Waals surface area contributed by atoms with E-state index in [9.17, 15) is 14.7 Å². The standard InChI is InChI=1S/C15H20N2O5/c1-15(2,3)9-6-10(17-22-9)16-13(18)11-7-4-5-8(21-7)12(11)14(19)20/h6-8,11-12H,4-5H2,1-3H3,(H,19,20)(H,16,17,18)/t7-,8-,11-,12-/m1/s1. The number of fused-ring (bicyclic) bond motifs is 2. The van der Waals surface area contributed by atoms with Gasteiger partial charge in [-0.05, 0) is 12.8 Å². The van der Waals surface area contributed by atoms with Crippen LogP contribution in [0.2, 0.25) is 0 Å². The predicted octanol–water partition coefficient (Wildman–Crippen LogP) is 1.79. The number of carboxylic acids is 1. The van der Waals surface area contributed by atoms with E-state index in [1.54, 1.807) is 6.07 Å². The molecule has 120 valence electrons. The molecule has 2 N–H and O–H groups in total. The molecule has 2 fully saturated rings. The van der Waals surface area contributed by atoms with Crippen LogP contribution < -0.4 is 5.32 Å². The maximum atomic E-state index is 12.4. The molecule has 1 amide bonds. The second-order valence-corrected chi connectivity index (χ2v) is 7.00. The molecule has 1 aromatic rings. The van der Waals surface area contributed by atoms with Crippen molar-refractivity contribution in [1.82, 2.24) is 5.16 Å². The van der Waals surface area contributed by atoms with Gasteiger partial charge in [0.15, 0.2) is 5.82 Å². The number of carboxylic acid groups (broad SMARTS) is 1. The highest BCUT2D eigenvalue weighted by Gasteiger charge is 2.55. The Morgan fingerprint density at radius 1 is 1.27 bits per heavy atom. The average Bonchev–Trinajstić information content (AvgIpc) is 3.11. The molecule has 2 aliphatic rings. The van der Waals surface area contributed by atoms with Crippen LogP contribution in [0.15, 0.2) is 10.6 Å². The molecular weight excluding hydrogens is 288 g/mol. The number of hydrogen-bond donors (Lipinski definition) is 2. The van der Waals surface area contributed by atoms with Crippen LogP contribution in [0, 0.1) is 11.8 Å². The van der Waals surface area contributed by atoms with E-state index < -0.39 is 17.8 Å². The van der Waals surface area contributed by atoms with Gasteiger partial charge in [-0.3, -0.25) is 9.59 Å². The summed E-state index contributed by atoms with van der Waals surface area (Å²) < 4.78 is 10.8. The Morgan fingerprint density at radius 2 is 1.91 bits per heavy atom. The van der Waals surface area contributed by atoms with Gasteiger partial charge < -0.3 is 19.7 Å². The fourth-order valence-corrected chi connectivity index (χ4v) is 3.22. The van der Waals surface area contributed by atoms with Crippen molar-refractivity contribution in [2.24, 2.45) is 11.8 Å². The van der Waals surface area contributed by atoms with E-state index in [-0.39, 0.29) is 23.5 Å². The zero-order chi connectivity index (χ0) is 16.1. The minimum Gasteiger partial charge on any atom is -0.481 e. The van der Waals surface area contributed by atoms with Crippen molar-refractivity contribution in [1.29, 1.82) is 0 Å². The van der Waals surface area contributed by atoms with Crippen molar-refractivity contribution < 1.29 is 24.0 Å². The van der Waals surface area contributed by atoms with Crippen LogP contribution in [0.1, 0.15) is 39.4 Å². The largest absolute Gasteiger partial charge is 0.481 e. The number of carbonyl (C=O) groups excluding carboxylic acids is 1. The number of nitrogens with zero attached hydrogens (tertiary/aromatic N) is 1. The van der Waals surface area contributed by atoms with E-state index in [4.69, 9.17) is 9.26 Å². The number of amides is 1. The van der Waals surface area contributed by atoms with Crippen LogP contribution in [0.25, 0.3) is 0 Å². The molecule has 0 spiro atoms. The number of hydrogen-bond acceptors (Lipinski definition) is 5. The first kappa shape index (κ1) is 15.0. The van der Waals surface area contributed by atoms with Crippen LogP contribution in [0.3, 0.4) is 0 Å². The van der Waals surface area contributed by atoms with Crippen molar-refractivity contribution in [2.75, 3.05) is 5.32 Å². The number of anilines is 1. The van der Waals surface area contributed by atoms with Gasteiger partial charge in [-0.25, -0.2) is 0 Å². The van der Waals surface area contributed by atoms with Crippen LogP contribution >= 0.6 is 0 Å². The summed E-state index contributed by atoms with van der Waals surface area (Å²) in [5.74, 6) is -1.85. The lowest BCUT2D eigenvalue weighted by molar-refractivity contribution is -0.147. The number of aromatic nitrogens is 1. The fourth-order valence-electron chi connectivity index (χ4n) is 3.22. The Bertz CT molecular complexity index is 603. The van der Waals surface area contributed by atoms with E-state index in [0.717, 1.165) is 6.42 Å². The minimum atomic E-state index is -0.983. The van der Waals surface area contributed by atoms with Gasteiger partial charge in [0.1, 0.15) is 5.76 Å². The summed E-state index contributed by atoms with van der Waals surface area (Å²) in [7, 11) is 0. The molecule has 0 aliphatic carbocycles. The molecule has 0 radical (unpaired) electrons. The summed E-state index contributed by atoms with van der Waals surface area (Å²) in [5.41, 5.74) is -0.213. The van der Waals surface area contributed by atoms with Crippen molar-refractivity contribution in [3.63, 3.8) is 0 Å². The van der Waals surface area contributed by atoms with Gasteiger partial charge in [0.25, 0.3) is 0 Å². The van der Waals surface area contributed by atoms with Crippen molar-refractivity contribution in [2.45, 2.75) is 51.2 Å². The first-order chi connectivity index (χ1) is 10.3. The van der Waals surface area contributed by atoms with Crippen molar-refractivity contribution >= 4 is 17.7 Å². The molecule has 1 aromatic heterocycles. The third-order valence-corrected chi connectivity index (χ3v) is 4.36. The second-order valence-electron chi connectivity index (χ2n) is 7.00. The molecule has 0 saturated carbocycles. The van der Waals surface area contributed by atoms with Crippen LogP contribution in [-0.2, 0) is 19.7 Å². The quantitative estimate of drug-likeness (QED) is 0.882. The summed E-state index contributed by atoms with van der Waals surface area (Å²) >= 11 is 0. The first-order valence-corrected chi connectivity index (χ1v) is 7.43. The molecule has 0 aromatic carbocycles. The lowest BCUT2D eigenvalue weighted by atomic mass is 9.79. The Kier molecular flexibility index (Phi) is 3.47. The SMILES string of the molecule is CC(C)(C)c1cc(NC(=O)[C@H]2[C@H](C(=O)O)[C@H]3CC[C@H]2O3)no1. The third kappa shape index (κ3) is 2.49. The fraction of sp³-hybridized carbons (Fsp3) is 0.667. The van der Waals surface area contributed by atoms with Gasteiger partial charge in [-0.15, -0.1) is 0 Å². The van der Waals surface area contributed by atoms with Gasteiger partial charge in [-0.2, -0.15) is 0 Å². The Balaban J connectivity index is 1.74. The maximum Gasteiger partial charge on any atom is 0.310 e. The highest BCUT2D eigenvalue weighted by atomic mass is 16.5. The third-order valence-electron chi connectivity index (χ3n) is 4.36. The number of rotatable bonds is 3.